The van der Waals surface area contributed by atoms with E-state index in [4.69, 9.17) is 18.0 Å². The Bertz CT molecular complexity index is 523. The first-order chi connectivity index (χ1) is 8.15. The Morgan fingerprint density at radius 2 is 2.35 bits per heavy atom. The van der Waals surface area contributed by atoms with Gasteiger partial charge in [-0.15, -0.1) is 11.3 Å². The van der Waals surface area contributed by atoms with Crippen LogP contribution in [0.4, 0.5) is 5.95 Å². The molecule has 0 aliphatic carbocycles. The largest absolute Gasteiger partial charge is 0.388 e. The molecule has 0 aliphatic rings. The molecule has 17 heavy (non-hydrogen) atoms. The van der Waals surface area contributed by atoms with Crippen LogP contribution in [0.15, 0.2) is 17.0 Å². The van der Waals surface area contributed by atoms with Crippen LogP contribution in [-0.4, -0.2) is 19.9 Å². The Kier molecular flexibility index (Phi) is 3.60. The van der Waals surface area contributed by atoms with Crippen LogP contribution in [0.1, 0.15) is 17.1 Å². The van der Waals surface area contributed by atoms with Gasteiger partial charge in [-0.05, 0) is 13.0 Å². The Hall–Kier alpha value is -1.60. The molecule has 0 unspecified atom stereocenters. The molecule has 0 aliphatic heterocycles. The summed E-state index contributed by atoms with van der Waals surface area (Å²) < 4.78 is 0. The van der Waals surface area contributed by atoms with E-state index in [0.717, 1.165) is 11.4 Å². The minimum absolute atomic E-state index is 0.271. The van der Waals surface area contributed by atoms with Crippen molar-refractivity contribution < 1.29 is 0 Å². The Morgan fingerprint density at radius 1 is 1.53 bits per heavy atom. The highest BCUT2D eigenvalue weighted by Gasteiger charge is 2.04. The van der Waals surface area contributed by atoms with Gasteiger partial charge in [0.1, 0.15) is 10.7 Å². The zero-order valence-electron chi connectivity index (χ0n) is 9.17. The predicted molar refractivity (Wildman–Crippen MR) is 72.1 cm³/mol. The number of nitrogens with one attached hydrogen (secondary N) is 1. The van der Waals surface area contributed by atoms with Crippen molar-refractivity contribution >= 4 is 34.5 Å². The lowest BCUT2D eigenvalue weighted by atomic mass is 10.3. The molecule has 0 spiro atoms. The molecule has 0 aromatic carbocycles. The van der Waals surface area contributed by atoms with E-state index in [1.807, 2.05) is 12.3 Å². The molecule has 2 aromatic rings. The lowest BCUT2D eigenvalue weighted by Crippen LogP contribution is -2.14. The van der Waals surface area contributed by atoms with Crippen LogP contribution in [0.2, 0.25) is 0 Å². The van der Waals surface area contributed by atoms with E-state index in [1.165, 1.54) is 0 Å². The smallest absolute Gasteiger partial charge is 0.223 e. The van der Waals surface area contributed by atoms with Gasteiger partial charge in [0.2, 0.25) is 5.95 Å². The van der Waals surface area contributed by atoms with Gasteiger partial charge in [0.05, 0.1) is 17.7 Å². The first kappa shape index (κ1) is 11.9. The lowest BCUT2D eigenvalue weighted by molar-refractivity contribution is 0.998. The molecule has 2 heterocycles. The summed E-state index contributed by atoms with van der Waals surface area (Å²) >= 11 is 6.45. The van der Waals surface area contributed by atoms with E-state index >= 15 is 0 Å². The average Bonchev–Trinajstić information content (AvgIpc) is 2.78. The maximum Gasteiger partial charge on any atom is 0.223 e. The molecule has 0 radical (unpaired) electrons. The molecule has 0 bridgehead atoms. The van der Waals surface area contributed by atoms with Gasteiger partial charge in [-0.1, -0.05) is 12.2 Å². The number of thiocarbonyl (C=S) groups is 1. The van der Waals surface area contributed by atoms with Crippen molar-refractivity contribution in [3.05, 3.63) is 34.0 Å². The number of rotatable bonds is 4. The number of nitrogens with zero attached hydrogens (tertiary/aromatic N) is 3. The van der Waals surface area contributed by atoms with Crippen LogP contribution in [-0.2, 0) is 6.54 Å². The van der Waals surface area contributed by atoms with Gasteiger partial charge < -0.3 is 11.1 Å². The summed E-state index contributed by atoms with van der Waals surface area (Å²) in [6.45, 7) is 2.46. The van der Waals surface area contributed by atoms with Gasteiger partial charge in [0, 0.05) is 11.1 Å². The van der Waals surface area contributed by atoms with Crippen molar-refractivity contribution in [3.63, 3.8) is 0 Å². The van der Waals surface area contributed by atoms with Crippen LogP contribution >= 0.6 is 23.6 Å². The summed E-state index contributed by atoms with van der Waals surface area (Å²) in [5, 5.41) is 5.06. The fourth-order valence-electron chi connectivity index (χ4n) is 1.27. The molecule has 2 aromatic heterocycles. The summed E-state index contributed by atoms with van der Waals surface area (Å²) in [5.41, 5.74) is 9.69. The fraction of sp³-hybridized carbons (Fsp3) is 0.200. The Labute approximate surface area is 108 Å². The number of hydrogen-bond donors (Lipinski definition) is 2. The van der Waals surface area contributed by atoms with Crippen molar-refractivity contribution in [1.82, 2.24) is 15.0 Å². The van der Waals surface area contributed by atoms with Crippen LogP contribution < -0.4 is 11.1 Å². The van der Waals surface area contributed by atoms with Gasteiger partial charge in [-0.25, -0.2) is 15.0 Å². The summed E-state index contributed by atoms with van der Waals surface area (Å²) in [6.07, 6.45) is 0. The monoisotopic (exact) mass is 265 g/mol. The maximum atomic E-state index is 5.54. The number of hydrogen-bond acceptors (Lipinski definition) is 6. The predicted octanol–water partition coefficient (Wildman–Crippen LogP) is 1.49. The normalized spacial score (nSPS) is 10.2. The number of thiazole rings is 1. The van der Waals surface area contributed by atoms with Crippen molar-refractivity contribution in [3.8, 4) is 0 Å². The third kappa shape index (κ3) is 3.18. The van der Waals surface area contributed by atoms with Crippen LogP contribution in [0.3, 0.4) is 0 Å². The van der Waals surface area contributed by atoms with Crippen molar-refractivity contribution in [2.24, 2.45) is 5.73 Å². The highest BCUT2D eigenvalue weighted by molar-refractivity contribution is 7.80. The quantitative estimate of drug-likeness (QED) is 0.816. The fourth-order valence-corrected chi connectivity index (χ4v) is 1.93. The summed E-state index contributed by atoms with van der Waals surface area (Å²) in [7, 11) is 0. The first-order valence-corrected chi connectivity index (χ1v) is 6.26. The molecule has 7 heteroatoms. The van der Waals surface area contributed by atoms with E-state index in [1.54, 1.807) is 22.9 Å². The number of nitrogens with two attached hydrogens (primary N) is 1. The van der Waals surface area contributed by atoms with Crippen molar-refractivity contribution in [2.75, 3.05) is 5.32 Å². The second kappa shape index (κ2) is 5.15. The SMILES string of the molecule is Cc1cc(C(N)=S)nc(NCc2cscn2)n1. The molecular weight excluding hydrogens is 254 g/mol. The Balaban J connectivity index is 2.13. The second-order valence-electron chi connectivity index (χ2n) is 3.42. The van der Waals surface area contributed by atoms with Crippen LogP contribution in [0.25, 0.3) is 0 Å². The highest BCUT2D eigenvalue weighted by Crippen LogP contribution is 2.07. The minimum atomic E-state index is 0.271. The summed E-state index contributed by atoms with van der Waals surface area (Å²) in [5.74, 6) is 0.515. The molecule has 0 amide bonds. The molecular formula is C10H11N5S2. The highest BCUT2D eigenvalue weighted by atomic mass is 32.1. The standard InChI is InChI=1S/C10H11N5S2/c1-6-2-8(9(11)16)15-10(14-6)12-3-7-4-17-5-13-7/h2,4-5H,3H2,1H3,(H2,11,16)(H,12,14,15). The Morgan fingerprint density at radius 3 is 3.00 bits per heavy atom. The number of aryl methyl sites for hydroxylation is 1. The molecule has 2 rings (SSSR count). The molecule has 3 N–H and O–H groups in total. The van der Waals surface area contributed by atoms with E-state index in [0.29, 0.717) is 18.2 Å². The zero-order chi connectivity index (χ0) is 12.3. The molecule has 0 fully saturated rings. The van der Waals surface area contributed by atoms with E-state index < -0.39 is 0 Å². The van der Waals surface area contributed by atoms with Gasteiger partial charge in [-0.3, -0.25) is 0 Å². The molecule has 0 saturated carbocycles. The maximum absolute atomic E-state index is 5.54. The van der Waals surface area contributed by atoms with E-state index in [9.17, 15) is 0 Å². The summed E-state index contributed by atoms with van der Waals surface area (Å²) in [6, 6.07) is 1.76. The molecule has 5 nitrogen and oxygen atoms in total. The molecule has 0 saturated heterocycles. The van der Waals surface area contributed by atoms with Crippen molar-refractivity contribution in [1.29, 1.82) is 0 Å². The van der Waals surface area contributed by atoms with Crippen molar-refractivity contribution in [2.45, 2.75) is 13.5 Å². The third-order valence-electron chi connectivity index (χ3n) is 2.02. The lowest BCUT2D eigenvalue weighted by Gasteiger charge is -2.06. The topological polar surface area (TPSA) is 76.7 Å². The first-order valence-electron chi connectivity index (χ1n) is 4.91. The number of anilines is 1. The van der Waals surface area contributed by atoms with E-state index in [2.05, 4.69) is 20.3 Å². The summed E-state index contributed by atoms with van der Waals surface area (Å²) in [4.78, 5) is 12.9. The molecule has 88 valence electrons. The van der Waals surface area contributed by atoms with Crippen LogP contribution in [0, 0.1) is 6.92 Å². The second-order valence-corrected chi connectivity index (χ2v) is 4.57. The zero-order valence-corrected chi connectivity index (χ0v) is 10.8. The van der Waals surface area contributed by atoms with Crippen LogP contribution in [0.5, 0.6) is 0 Å². The van der Waals surface area contributed by atoms with Gasteiger partial charge >= 0.3 is 0 Å². The third-order valence-corrected chi connectivity index (χ3v) is 2.86. The van der Waals surface area contributed by atoms with E-state index in [-0.39, 0.29) is 4.99 Å². The van der Waals surface area contributed by atoms with Gasteiger partial charge in [-0.2, -0.15) is 0 Å². The van der Waals surface area contributed by atoms with Gasteiger partial charge in [0.25, 0.3) is 0 Å². The average molecular weight is 265 g/mol. The number of aromatic nitrogens is 3. The van der Waals surface area contributed by atoms with Gasteiger partial charge in [0.15, 0.2) is 0 Å². The molecule has 0 atom stereocenters. The minimum Gasteiger partial charge on any atom is -0.388 e.